The summed E-state index contributed by atoms with van der Waals surface area (Å²) in [5.74, 6) is 1.45. The number of aryl methyl sites for hydroxylation is 1. The summed E-state index contributed by atoms with van der Waals surface area (Å²) in [5, 5.41) is 3.36. The molecular weight excluding hydrogens is 460 g/mol. The monoisotopic (exact) mass is 496 g/mol. The quantitative estimate of drug-likeness (QED) is 0.498. The average Bonchev–Trinajstić information content (AvgIpc) is 2.89. The standard InChI is InChI=1S/C28H36N2O4S/c1-3-7-26-25-16-15-23(34-2)18-22(25)14-17-27(26)30-28(31)21-12-10-20(11-13-21)19-29-35(32,33)24-8-5-4-6-9-24/h3-6,8-9,15-16,18,20-21,26-27,29H,1,7,10-14,17,19H2,2H3,(H,30,31)/t20?,21?,26?,27-/m1/s1. The number of rotatable bonds is 9. The number of benzene rings is 2. The van der Waals surface area contributed by atoms with Gasteiger partial charge < -0.3 is 10.1 Å². The first-order chi connectivity index (χ1) is 16.9. The molecule has 2 aromatic rings. The van der Waals surface area contributed by atoms with Crippen molar-refractivity contribution in [1.29, 1.82) is 0 Å². The Kier molecular flexibility index (Phi) is 8.29. The second kappa shape index (κ2) is 11.4. The fourth-order valence-corrected chi connectivity index (χ4v) is 6.64. The minimum Gasteiger partial charge on any atom is -0.497 e. The van der Waals surface area contributed by atoms with E-state index in [9.17, 15) is 13.2 Å². The maximum absolute atomic E-state index is 13.2. The van der Waals surface area contributed by atoms with Crippen LogP contribution in [-0.2, 0) is 21.2 Å². The largest absolute Gasteiger partial charge is 0.497 e. The summed E-state index contributed by atoms with van der Waals surface area (Å²) in [4.78, 5) is 13.5. The van der Waals surface area contributed by atoms with Crippen LogP contribution in [0.3, 0.4) is 0 Å². The van der Waals surface area contributed by atoms with E-state index in [0.29, 0.717) is 6.54 Å². The molecule has 1 saturated carbocycles. The van der Waals surface area contributed by atoms with Crippen molar-refractivity contribution in [2.45, 2.75) is 61.8 Å². The molecule has 2 aliphatic rings. The van der Waals surface area contributed by atoms with Crippen molar-refractivity contribution >= 4 is 15.9 Å². The first-order valence-corrected chi connectivity index (χ1v) is 14.0. The van der Waals surface area contributed by atoms with Gasteiger partial charge in [0.2, 0.25) is 15.9 Å². The van der Waals surface area contributed by atoms with Crippen molar-refractivity contribution in [1.82, 2.24) is 10.0 Å². The van der Waals surface area contributed by atoms with Gasteiger partial charge in [-0.2, -0.15) is 0 Å². The molecule has 0 radical (unpaired) electrons. The molecule has 0 aromatic heterocycles. The minimum absolute atomic E-state index is 0.0152. The Morgan fingerprint density at radius 1 is 1.09 bits per heavy atom. The van der Waals surface area contributed by atoms with E-state index in [1.807, 2.05) is 12.1 Å². The van der Waals surface area contributed by atoms with Gasteiger partial charge in [-0.15, -0.1) is 6.58 Å². The zero-order valence-corrected chi connectivity index (χ0v) is 21.2. The second-order valence-corrected chi connectivity index (χ2v) is 11.5. The van der Waals surface area contributed by atoms with E-state index in [4.69, 9.17) is 4.74 Å². The van der Waals surface area contributed by atoms with Crippen LogP contribution in [0.1, 0.15) is 55.6 Å². The predicted octanol–water partition coefficient (Wildman–Crippen LogP) is 4.57. The highest BCUT2D eigenvalue weighted by molar-refractivity contribution is 7.89. The number of hydrogen-bond donors (Lipinski definition) is 2. The molecule has 2 atom stereocenters. The van der Waals surface area contributed by atoms with E-state index < -0.39 is 10.0 Å². The van der Waals surface area contributed by atoms with E-state index in [2.05, 4.69) is 28.8 Å². The summed E-state index contributed by atoms with van der Waals surface area (Å²) in [6.45, 7) is 4.35. The molecular formula is C28H36N2O4S. The lowest BCUT2D eigenvalue weighted by Gasteiger charge is -2.36. The Labute approximate surface area is 209 Å². The summed E-state index contributed by atoms with van der Waals surface area (Å²) in [6.07, 6.45) is 7.84. The molecule has 1 unspecified atom stereocenters. The molecule has 35 heavy (non-hydrogen) atoms. The minimum atomic E-state index is -3.49. The normalized spacial score (nSPS) is 24.3. The average molecular weight is 497 g/mol. The highest BCUT2D eigenvalue weighted by atomic mass is 32.2. The maximum Gasteiger partial charge on any atom is 0.240 e. The van der Waals surface area contributed by atoms with Crippen LogP contribution in [-0.4, -0.2) is 34.0 Å². The first kappa shape index (κ1) is 25.5. The number of carbonyl (C=O) groups excluding carboxylic acids is 1. The Morgan fingerprint density at radius 3 is 2.51 bits per heavy atom. The van der Waals surface area contributed by atoms with Gasteiger partial charge in [0, 0.05) is 24.4 Å². The molecule has 4 rings (SSSR count). The molecule has 2 aliphatic carbocycles. The number of fused-ring (bicyclic) bond motifs is 1. The van der Waals surface area contributed by atoms with E-state index in [-0.39, 0.29) is 34.6 Å². The molecule has 1 amide bonds. The van der Waals surface area contributed by atoms with Gasteiger partial charge in [-0.05, 0) is 86.3 Å². The summed E-state index contributed by atoms with van der Waals surface area (Å²) in [7, 11) is -1.81. The number of sulfonamides is 1. The number of nitrogens with one attached hydrogen (secondary N) is 2. The van der Waals surface area contributed by atoms with Crippen LogP contribution in [0.15, 0.2) is 66.1 Å². The molecule has 1 fully saturated rings. The van der Waals surface area contributed by atoms with Crippen molar-refractivity contribution in [3.05, 3.63) is 72.3 Å². The molecule has 0 aliphatic heterocycles. The fourth-order valence-electron chi connectivity index (χ4n) is 5.50. The lowest BCUT2D eigenvalue weighted by molar-refractivity contribution is -0.127. The first-order valence-electron chi connectivity index (χ1n) is 12.5. The number of hydrogen-bond acceptors (Lipinski definition) is 4. The Hall–Kier alpha value is -2.64. The molecule has 2 N–H and O–H groups in total. The van der Waals surface area contributed by atoms with Crippen molar-refractivity contribution in [3.8, 4) is 5.75 Å². The van der Waals surface area contributed by atoms with Crippen molar-refractivity contribution in [3.63, 3.8) is 0 Å². The number of allylic oxidation sites excluding steroid dienone is 1. The molecule has 0 heterocycles. The van der Waals surface area contributed by atoms with Gasteiger partial charge in [0.25, 0.3) is 0 Å². The van der Waals surface area contributed by atoms with Crippen LogP contribution in [0.2, 0.25) is 0 Å². The highest BCUT2D eigenvalue weighted by Crippen LogP contribution is 2.37. The van der Waals surface area contributed by atoms with E-state index in [1.165, 1.54) is 11.1 Å². The molecule has 6 nitrogen and oxygen atoms in total. The second-order valence-electron chi connectivity index (χ2n) is 9.73. The third-order valence-corrected chi connectivity index (χ3v) is 8.98. The topological polar surface area (TPSA) is 84.5 Å². The van der Waals surface area contributed by atoms with Crippen LogP contribution in [0.5, 0.6) is 5.75 Å². The molecule has 2 aromatic carbocycles. The van der Waals surface area contributed by atoms with Crippen molar-refractivity contribution in [2.24, 2.45) is 11.8 Å². The van der Waals surface area contributed by atoms with Crippen LogP contribution < -0.4 is 14.8 Å². The van der Waals surface area contributed by atoms with E-state index >= 15 is 0 Å². The van der Waals surface area contributed by atoms with Crippen LogP contribution in [0, 0.1) is 11.8 Å². The summed E-state index contributed by atoms with van der Waals surface area (Å²) < 4.78 is 33.1. The lowest BCUT2D eigenvalue weighted by Crippen LogP contribution is -2.45. The molecule has 7 heteroatoms. The molecule has 0 bridgehead atoms. The van der Waals surface area contributed by atoms with Gasteiger partial charge in [0.15, 0.2) is 0 Å². The number of amides is 1. The van der Waals surface area contributed by atoms with Gasteiger partial charge in [-0.3, -0.25) is 4.79 Å². The summed E-state index contributed by atoms with van der Waals surface area (Å²) >= 11 is 0. The smallest absolute Gasteiger partial charge is 0.240 e. The Morgan fingerprint density at radius 2 is 1.83 bits per heavy atom. The SMILES string of the molecule is C=CCC1c2ccc(OC)cc2CC[C@H]1NC(=O)C1CCC(CNS(=O)(=O)c2ccccc2)CC1. The zero-order valence-electron chi connectivity index (χ0n) is 20.4. The van der Waals surface area contributed by atoms with Gasteiger partial charge in [0.1, 0.15) is 5.75 Å². The van der Waals surface area contributed by atoms with Gasteiger partial charge in [-0.25, -0.2) is 13.1 Å². The highest BCUT2D eigenvalue weighted by Gasteiger charge is 2.33. The third kappa shape index (κ3) is 6.14. The maximum atomic E-state index is 13.2. The van der Waals surface area contributed by atoms with Crippen molar-refractivity contribution in [2.75, 3.05) is 13.7 Å². The van der Waals surface area contributed by atoms with Gasteiger partial charge in [0.05, 0.1) is 12.0 Å². The molecule has 0 spiro atoms. The predicted molar refractivity (Wildman–Crippen MR) is 138 cm³/mol. The summed E-state index contributed by atoms with van der Waals surface area (Å²) in [5.41, 5.74) is 2.57. The lowest BCUT2D eigenvalue weighted by atomic mass is 9.76. The fraction of sp³-hybridized carbons (Fsp3) is 0.464. The third-order valence-electron chi connectivity index (χ3n) is 7.54. The van der Waals surface area contributed by atoms with Crippen LogP contribution >= 0.6 is 0 Å². The van der Waals surface area contributed by atoms with Crippen LogP contribution in [0.4, 0.5) is 0 Å². The Bertz CT molecular complexity index is 1120. The number of carbonyl (C=O) groups is 1. The number of ether oxygens (including phenoxy) is 1. The molecule has 188 valence electrons. The summed E-state index contributed by atoms with van der Waals surface area (Å²) in [6, 6.07) is 14.8. The van der Waals surface area contributed by atoms with Gasteiger partial charge in [-0.1, -0.05) is 30.3 Å². The molecule has 0 saturated heterocycles. The van der Waals surface area contributed by atoms with Crippen molar-refractivity contribution < 1.29 is 17.9 Å². The number of methoxy groups -OCH3 is 1. The van der Waals surface area contributed by atoms with E-state index in [0.717, 1.165) is 50.7 Å². The van der Waals surface area contributed by atoms with E-state index in [1.54, 1.807) is 37.4 Å². The zero-order chi connectivity index (χ0) is 24.8. The Balaban J connectivity index is 1.30. The van der Waals surface area contributed by atoms with Gasteiger partial charge >= 0.3 is 0 Å². The van der Waals surface area contributed by atoms with Crippen LogP contribution in [0.25, 0.3) is 0 Å².